The van der Waals surface area contributed by atoms with Crippen molar-refractivity contribution >= 4 is 19.8 Å². The lowest BCUT2D eigenvalue weighted by Crippen LogP contribution is -2.35. The minimum atomic E-state index is -1.22. The van der Waals surface area contributed by atoms with Crippen molar-refractivity contribution in [3.63, 3.8) is 0 Å². The first kappa shape index (κ1) is 32.7. The number of hydrogen-bond acceptors (Lipinski definition) is 6. The number of benzene rings is 1. The number of aliphatic hydroxyl groups excluding tert-OH is 1. The van der Waals surface area contributed by atoms with Gasteiger partial charge in [0.2, 0.25) is 0 Å². The zero-order valence-electron chi connectivity index (χ0n) is 25.7. The average Bonchev–Trinajstić information content (AvgIpc) is 3.56. The summed E-state index contributed by atoms with van der Waals surface area (Å²) in [6.07, 6.45) is 5.20. The van der Waals surface area contributed by atoms with Gasteiger partial charge in [0.15, 0.2) is 0 Å². The van der Waals surface area contributed by atoms with Crippen LogP contribution in [0.1, 0.15) is 72.1 Å². The van der Waals surface area contributed by atoms with Crippen LogP contribution in [0, 0.1) is 24.5 Å². The number of ether oxygens (including phenoxy) is 1. The molecule has 234 valence electrons. The van der Waals surface area contributed by atoms with E-state index in [-0.39, 0.29) is 43.1 Å². The van der Waals surface area contributed by atoms with Crippen molar-refractivity contribution in [3.05, 3.63) is 70.8 Å². The molecule has 2 aromatic heterocycles. The van der Waals surface area contributed by atoms with Gasteiger partial charge in [0.1, 0.15) is 30.3 Å². The fourth-order valence-corrected chi connectivity index (χ4v) is 6.26. The Morgan fingerprint density at radius 3 is 2.44 bits per heavy atom. The number of Topliss-reactive ketones (excluding diaryl/α,β-unsaturated/α-hetero) is 1. The molecular weight excluding hydrogens is 572 g/mol. The molecule has 1 atom stereocenters. The minimum absolute atomic E-state index is 0.0667. The molecule has 0 radical (unpaired) electrons. The van der Waals surface area contributed by atoms with Crippen molar-refractivity contribution in [1.82, 2.24) is 24.5 Å². The normalized spacial score (nSPS) is 18.0. The number of ketones is 1. The van der Waals surface area contributed by atoms with E-state index < -0.39 is 31.7 Å². The van der Waals surface area contributed by atoms with Crippen molar-refractivity contribution in [2.24, 2.45) is 5.92 Å². The lowest BCUT2D eigenvalue weighted by molar-refractivity contribution is -0.121. The molecule has 9 nitrogen and oxygen atoms in total. The lowest BCUT2D eigenvalue weighted by atomic mass is 9.84. The van der Waals surface area contributed by atoms with Gasteiger partial charge in [0, 0.05) is 45.1 Å². The molecule has 43 heavy (non-hydrogen) atoms. The molecule has 0 spiro atoms. The van der Waals surface area contributed by atoms with E-state index >= 15 is 0 Å². The van der Waals surface area contributed by atoms with Crippen LogP contribution in [0.2, 0.25) is 25.7 Å². The van der Waals surface area contributed by atoms with Gasteiger partial charge in [0.25, 0.3) is 5.91 Å². The quantitative estimate of drug-likeness (QED) is 0.196. The Hall–Kier alpha value is -3.22. The van der Waals surface area contributed by atoms with E-state index in [0.29, 0.717) is 23.6 Å². The highest BCUT2D eigenvalue weighted by molar-refractivity contribution is 6.76. The average molecular weight is 616 g/mol. The van der Waals surface area contributed by atoms with Crippen LogP contribution >= 0.6 is 0 Å². The highest BCUT2D eigenvalue weighted by atomic mass is 28.3. The largest absolute Gasteiger partial charge is 0.385 e. The van der Waals surface area contributed by atoms with Gasteiger partial charge in [-0.3, -0.25) is 14.3 Å². The van der Waals surface area contributed by atoms with Crippen LogP contribution in [0.4, 0.5) is 8.78 Å². The third-order valence-electron chi connectivity index (χ3n) is 8.09. The monoisotopic (exact) mass is 615 g/mol. The molecule has 2 heterocycles. The lowest BCUT2D eigenvalue weighted by Gasteiger charge is -2.28. The van der Waals surface area contributed by atoms with Gasteiger partial charge in [0.05, 0.1) is 30.0 Å². The first-order valence-electron chi connectivity index (χ1n) is 14.9. The molecule has 3 aromatic rings. The van der Waals surface area contributed by atoms with Crippen LogP contribution in [-0.4, -0.2) is 62.5 Å². The summed E-state index contributed by atoms with van der Waals surface area (Å²) in [6, 6.07) is 5.88. The van der Waals surface area contributed by atoms with Gasteiger partial charge in [-0.1, -0.05) is 19.6 Å². The molecule has 12 heteroatoms. The summed E-state index contributed by atoms with van der Waals surface area (Å²) in [5.74, 6) is -1.65. The number of carbonyl (C=O) groups is 2. The summed E-state index contributed by atoms with van der Waals surface area (Å²) in [7, 11) is -1.22. The Kier molecular flexibility index (Phi) is 10.7. The zero-order valence-corrected chi connectivity index (χ0v) is 26.7. The van der Waals surface area contributed by atoms with Crippen molar-refractivity contribution in [2.75, 3.05) is 13.2 Å². The smallest absolute Gasteiger partial charge is 0.257 e. The molecule has 1 saturated carbocycles. The molecule has 1 unspecified atom stereocenters. The Balaban J connectivity index is 1.50. The highest BCUT2D eigenvalue weighted by Crippen LogP contribution is 2.33. The minimum Gasteiger partial charge on any atom is -0.385 e. The fourth-order valence-electron chi connectivity index (χ4n) is 5.51. The van der Waals surface area contributed by atoms with Crippen molar-refractivity contribution in [2.45, 2.75) is 90.6 Å². The first-order chi connectivity index (χ1) is 20.3. The molecule has 1 aliphatic rings. The van der Waals surface area contributed by atoms with E-state index in [1.54, 1.807) is 23.9 Å². The summed E-state index contributed by atoms with van der Waals surface area (Å²) in [6.45, 7) is 10.9. The Bertz CT molecular complexity index is 1390. The van der Waals surface area contributed by atoms with Crippen LogP contribution in [0.15, 0.2) is 36.7 Å². The van der Waals surface area contributed by atoms with Gasteiger partial charge >= 0.3 is 0 Å². The van der Waals surface area contributed by atoms with E-state index in [1.165, 1.54) is 23.2 Å². The van der Waals surface area contributed by atoms with Crippen LogP contribution in [0.3, 0.4) is 0 Å². The number of carbonyl (C=O) groups excluding carboxylic acids is 2. The predicted molar refractivity (Wildman–Crippen MR) is 161 cm³/mol. The van der Waals surface area contributed by atoms with Gasteiger partial charge in [-0.05, 0) is 69.3 Å². The summed E-state index contributed by atoms with van der Waals surface area (Å²) in [5, 5.41) is 20.0. The van der Waals surface area contributed by atoms with Crippen molar-refractivity contribution < 1.29 is 28.2 Å². The summed E-state index contributed by atoms with van der Waals surface area (Å²) < 4.78 is 37.2. The van der Waals surface area contributed by atoms with Crippen LogP contribution < -0.4 is 0 Å². The molecule has 1 aliphatic carbocycles. The number of rotatable bonds is 13. The predicted octanol–water partition coefficient (Wildman–Crippen LogP) is 5.67. The molecular formula is C31H43F2N5O4Si. The molecule has 1 fully saturated rings. The van der Waals surface area contributed by atoms with Gasteiger partial charge in [-0.15, -0.1) is 0 Å². The third kappa shape index (κ3) is 8.90. The van der Waals surface area contributed by atoms with Crippen LogP contribution in [0.25, 0.3) is 0 Å². The van der Waals surface area contributed by atoms with Crippen molar-refractivity contribution in [1.29, 1.82) is 0 Å². The maximum Gasteiger partial charge on any atom is 0.257 e. The van der Waals surface area contributed by atoms with E-state index in [9.17, 15) is 23.5 Å². The number of amides is 1. The van der Waals surface area contributed by atoms with Gasteiger partial charge in [-0.25, -0.2) is 13.5 Å². The van der Waals surface area contributed by atoms with Gasteiger partial charge < -0.3 is 14.7 Å². The van der Waals surface area contributed by atoms with Gasteiger partial charge in [-0.2, -0.15) is 10.2 Å². The zero-order chi connectivity index (χ0) is 31.3. The fraction of sp³-hybridized carbons (Fsp3) is 0.548. The molecule has 4 rings (SSSR count). The molecule has 1 N–H and O–H groups in total. The number of nitrogens with zero attached hydrogens (tertiary/aromatic N) is 5. The Morgan fingerprint density at radius 1 is 1.14 bits per heavy atom. The molecule has 1 amide bonds. The summed E-state index contributed by atoms with van der Waals surface area (Å²) in [5.41, 5.74) is 1.62. The second-order valence-corrected chi connectivity index (χ2v) is 18.4. The number of halogens is 2. The second kappa shape index (κ2) is 14.0. The Morgan fingerprint density at radius 2 is 1.81 bits per heavy atom. The standard InChI is InChI=1S/C31H43F2N5O4Si/c1-21-28(17-34-38(21)27-8-6-24(7-9-27)22(2)39)31(41)36(18-23-14-25(32)16-26(33)15-23)19-30(40)29-10-11-37(35-29)20-42-12-13-43(3,4)5/h10-11,14-17,24,27,30,40H,6-9,12-13,18-20H2,1-5H3. The maximum atomic E-state index is 14.0. The summed E-state index contributed by atoms with van der Waals surface area (Å²) in [4.78, 5) is 27.1. The second-order valence-electron chi connectivity index (χ2n) is 12.8. The maximum absolute atomic E-state index is 14.0. The number of aliphatic hydroxyl groups is 1. The van der Waals surface area contributed by atoms with E-state index in [0.717, 1.165) is 37.8 Å². The highest BCUT2D eigenvalue weighted by Gasteiger charge is 2.30. The molecule has 1 aromatic carbocycles. The first-order valence-corrected chi connectivity index (χ1v) is 18.6. The Labute approximate surface area is 252 Å². The molecule has 0 aliphatic heterocycles. The van der Waals surface area contributed by atoms with Crippen LogP contribution in [-0.2, 0) is 22.8 Å². The SMILES string of the molecule is CC(=O)C1CCC(n2ncc(C(=O)N(Cc3cc(F)cc(F)c3)CC(O)c3ccn(COCC[Si](C)(C)C)n3)c2C)CC1. The van der Waals surface area contributed by atoms with Crippen molar-refractivity contribution in [3.8, 4) is 0 Å². The third-order valence-corrected chi connectivity index (χ3v) is 9.80. The van der Waals surface area contributed by atoms with E-state index in [1.807, 2.05) is 11.6 Å². The molecule has 0 bridgehead atoms. The summed E-state index contributed by atoms with van der Waals surface area (Å²) >= 11 is 0. The van der Waals surface area contributed by atoms with Crippen LogP contribution in [0.5, 0.6) is 0 Å². The topological polar surface area (TPSA) is 102 Å². The number of hydrogen-bond donors (Lipinski definition) is 1. The van der Waals surface area contributed by atoms with E-state index in [2.05, 4.69) is 29.8 Å². The number of aromatic nitrogens is 4. The molecule has 0 saturated heterocycles. The van der Waals surface area contributed by atoms with E-state index in [4.69, 9.17) is 4.74 Å².